The van der Waals surface area contributed by atoms with Gasteiger partial charge in [-0.2, -0.15) is 0 Å². The van der Waals surface area contributed by atoms with Crippen LogP contribution in [0.15, 0.2) is 18.2 Å². The summed E-state index contributed by atoms with van der Waals surface area (Å²) in [5.41, 5.74) is 2.72. The number of fused-ring (bicyclic) bond motifs is 1. The summed E-state index contributed by atoms with van der Waals surface area (Å²) < 4.78 is 0. The number of hydrogen-bond donors (Lipinski definition) is 1. The molecule has 0 amide bonds. The van der Waals surface area contributed by atoms with Crippen molar-refractivity contribution in [2.75, 3.05) is 13.6 Å². The maximum Gasteiger partial charge on any atom is 0.115 e. The van der Waals surface area contributed by atoms with Crippen molar-refractivity contribution in [3.05, 3.63) is 29.3 Å². The van der Waals surface area contributed by atoms with Gasteiger partial charge in [0, 0.05) is 12.6 Å². The number of nitrogens with zero attached hydrogens (tertiary/aromatic N) is 1. The van der Waals surface area contributed by atoms with Crippen LogP contribution in [0.25, 0.3) is 0 Å². The molecular weight excluding hydrogens is 198 g/mol. The molecule has 16 heavy (non-hydrogen) atoms. The van der Waals surface area contributed by atoms with Gasteiger partial charge < -0.3 is 5.11 Å². The minimum absolute atomic E-state index is 0.394. The zero-order valence-corrected chi connectivity index (χ0v) is 10.4. The van der Waals surface area contributed by atoms with E-state index in [1.54, 1.807) is 6.07 Å². The van der Waals surface area contributed by atoms with Crippen LogP contribution in [0.5, 0.6) is 5.75 Å². The zero-order valence-electron chi connectivity index (χ0n) is 10.4. The summed E-state index contributed by atoms with van der Waals surface area (Å²) >= 11 is 0. The van der Waals surface area contributed by atoms with Crippen LogP contribution in [0.4, 0.5) is 0 Å². The lowest BCUT2D eigenvalue weighted by molar-refractivity contribution is 0.218. The van der Waals surface area contributed by atoms with Gasteiger partial charge >= 0.3 is 0 Å². The molecule has 0 bridgehead atoms. The van der Waals surface area contributed by atoms with Crippen molar-refractivity contribution < 1.29 is 5.11 Å². The van der Waals surface area contributed by atoms with Crippen LogP contribution >= 0.6 is 0 Å². The van der Waals surface area contributed by atoms with E-state index < -0.39 is 0 Å². The summed E-state index contributed by atoms with van der Waals surface area (Å²) in [6.07, 6.45) is 2.28. The fraction of sp³-hybridized carbons (Fsp3) is 0.571. The Morgan fingerprint density at radius 1 is 1.44 bits per heavy atom. The van der Waals surface area contributed by atoms with Crippen LogP contribution < -0.4 is 0 Å². The molecule has 1 aromatic rings. The Labute approximate surface area is 97.9 Å². The van der Waals surface area contributed by atoms with E-state index in [0.717, 1.165) is 13.0 Å². The van der Waals surface area contributed by atoms with Gasteiger partial charge in [0.2, 0.25) is 0 Å². The van der Waals surface area contributed by atoms with E-state index in [0.29, 0.717) is 17.7 Å². The first kappa shape index (κ1) is 11.5. The topological polar surface area (TPSA) is 23.5 Å². The van der Waals surface area contributed by atoms with Crippen molar-refractivity contribution in [1.82, 2.24) is 4.90 Å². The van der Waals surface area contributed by atoms with Gasteiger partial charge in [0.1, 0.15) is 5.75 Å². The molecule has 0 saturated heterocycles. The molecule has 0 aliphatic heterocycles. The van der Waals surface area contributed by atoms with Crippen molar-refractivity contribution in [2.45, 2.75) is 32.7 Å². The lowest BCUT2D eigenvalue weighted by Crippen LogP contribution is -2.26. The molecule has 0 fully saturated rings. The fourth-order valence-corrected chi connectivity index (χ4v) is 2.74. The van der Waals surface area contributed by atoms with Crippen molar-refractivity contribution in [3.8, 4) is 5.75 Å². The zero-order chi connectivity index (χ0) is 11.7. The second-order valence-corrected chi connectivity index (χ2v) is 5.27. The first-order valence-electron chi connectivity index (χ1n) is 6.10. The smallest absolute Gasteiger partial charge is 0.115 e. The van der Waals surface area contributed by atoms with Crippen molar-refractivity contribution in [1.29, 1.82) is 0 Å². The van der Waals surface area contributed by atoms with Gasteiger partial charge in [0.05, 0.1) is 0 Å². The Balaban J connectivity index is 2.17. The number of hydrogen-bond acceptors (Lipinski definition) is 2. The lowest BCUT2D eigenvalue weighted by atomic mass is 10.1. The van der Waals surface area contributed by atoms with Crippen LogP contribution in [0.1, 0.15) is 37.4 Å². The minimum atomic E-state index is 0.394. The molecule has 1 aromatic carbocycles. The van der Waals surface area contributed by atoms with Crippen LogP contribution in [-0.2, 0) is 6.42 Å². The fourth-order valence-electron chi connectivity index (χ4n) is 2.74. The number of rotatable bonds is 3. The summed E-state index contributed by atoms with van der Waals surface area (Å²) in [7, 11) is 2.20. The third-order valence-electron chi connectivity index (χ3n) is 3.36. The van der Waals surface area contributed by atoms with Gasteiger partial charge in [-0.25, -0.2) is 0 Å². The molecule has 1 unspecified atom stereocenters. The minimum Gasteiger partial charge on any atom is -0.508 e. The van der Waals surface area contributed by atoms with Gasteiger partial charge in [0.25, 0.3) is 0 Å². The highest BCUT2D eigenvalue weighted by Crippen LogP contribution is 2.36. The second-order valence-electron chi connectivity index (χ2n) is 5.27. The largest absolute Gasteiger partial charge is 0.508 e. The van der Waals surface area contributed by atoms with Crippen molar-refractivity contribution in [3.63, 3.8) is 0 Å². The lowest BCUT2D eigenvalue weighted by Gasteiger charge is -2.26. The third-order valence-corrected chi connectivity index (χ3v) is 3.36. The normalized spacial score (nSPS) is 19.4. The molecular formula is C14H21NO. The summed E-state index contributed by atoms with van der Waals surface area (Å²) in [6.45, 7) is 5.64. The standard InChI is InChI=1S/C14H21NO/c1-10(2)9-15(3)14-7-4-11-8-12(16)5-6-13(11)14/h5-6,8,10,14,16H,4,7,9H2,1-3H3. The Morgan fingerprint density at radius 3 is 2.88 bits per heavy atom. The van der Waals surface area contributed by atoms with Crippen LogP contribution in [0, 0.1) is 5.92 Å². The highest BCUT2D eigenvalue weighted by Gasteiger charge is 2.26. The summed E-state index contributed by atoms with van der Waals surface area (Å²) in [5.74, 6) is 1.09. The van der Waals surface area contributed by atoms with Crippen LogP contribution in [0.2, 0.25) is 0 Å². The van der Waals surface area contributed by atoms with Crippen molar-refractivity contribution in [2.24, 2.45) is 5.92 Å². The predicted molar refractivity (Wildman–Crippen MR) is 66.6 cm³/mol. The molecule has 2 rings (SSSR count). The molecule has 2 heteroatoms. The van der Waals surface area contributed by atoms with Gasteiger partial charge in [-0.05, 0) is 49.1 Å². The van der Waals surface area contributed by atoms with Gasteiger partial charge in [-0.15, -0.1) is 0 Å². The molecule has 1 atom stereocenters. The van der Waals surface area contributed by atoms with Gasteiger partial charge in [-0.1, -0.05) is 19.9 Å². The summed E-state index contributed by atoms with van der Waals surface area (Å²) in [6, 6.07) is 6.34. The molecule has 0 spiro atoms. The van der Waals surface area contributed by atoms with Gasteiger partial charge in [-0.3, -0.25) is 4.90 Å². The third kappa shape index (κ3) is 2.22. The molecule has 0 radical (unpaired) electrons. The molecule has 1 aliphatic rings. The number of aromatic hydroxyl groups is 1. The Hall–Kier alpha value is -1.02. The molecule has 1 N–H and O–H groups in total. The van der Waals surface area contributed by atoms with Crippen LogP contribution in [-0.4, -0.2) is 23.6 Å². The number of phenolic OH excluding ortho intramolecular Hbond substituents is 1. The highest BCUT2D eigenvalue weighted by atomic mass is 16.3. The Bertz CT molecular complexity index is 373. The molecule has 88 valence electrons. The molecule has 0 saturated carbocycles. The van der Waals surface area contributed by atoms with E-state index in [4.69, 9.17) is 0 Å². The van der Waals surface area contributed by atoms with E-state index in [-0.39, 0.29) is 0 Å². The number of benzene rings is 1. The maximum atomic E-state index is 9.45. The SMILES string of the molecule is CC(C)CN(C)C1CCc2cc(O)ccc21. The monoisotopic (exact) mass is 219 g/mol. The Morgan fingerprint density at radius 2 is 2.19 bits per heavy atom. The quantitative estimate of drug-likeness (QED) is 0.845. The summed E-state index contributed by atoms with van der Waals surface area (Å²) in [5, 5.41) is 9.45. The van der Waals surface area contributed by atoms with Gasteiger partial charge in [0.15, 0.2) is 0 Å². The molecule has 1 aliphatic carbocycles. The number of aryl methyl sites for hydroxylation is 1. The predicted octanol–water partition coefficient (Wildman–Crippen LogP) is 2.97. The maximum absolute atomic E-state index is 9.45. The second kappa shape index (κ2) is 4.46. The summed E-state index contributed by atoms with van der Waals surface area (Å²) in [4.78, 5) is 2.44. The van der Waals surface area contributed by atoms with E-state index in [2.05, 4.69) is 31.9 Å². The molecule has 2 nitrogen and oxygen atoms in total. The number of phenols is 1. The Kier molecular flexibility index (Phi) is 3.20. The van der Waals surface area contributed by atoms with E-state index in [1.165, 1.54) is 17.5 Å². The van der Waals surface area contributed by atoms with Crippen LogP contribution in [0.3, 0.4) is 0 Å². The van der Waals surface area contributed by atoms with Crippen molar-refractivity contribution >= 4 is 0 Å². The average Bonchev–Trinajstić information content (AvgIpc) is 2.59. The molecule has 0 aromatic heterocycles. The average molecular weight is 219 g/mol. The first-order chi connectivity index (χ1) is 7.58. The van der Waals surface area contributed by atoms with E-state index >= 15 is 0 Å². The first-order valence-corrected chi connectivity index (χ1v) is 6.10. The van der Waals surface area contributed by atoms with E-state index in [1.807, 2.05) is 6.07 Å². The highest BCUT2D eigenvalue weighted by molar-refractivity contribution is 5.40. The molecule has 0 heterocycles. The van der Waals surface area contributed by atoms with E-state index in [9.17, 15) is 5.11 Å².